The zero-order valence-corrected chi connectivity index (χ0v) is 17.6. The summed E-state index contributed by atoms with van der Waals surface area (Å²) < 4.78 is 29.6. The van der Waals surface area contributed by atoms with E-state index < -0.39 is 15.9 Å². The third kappa shape index (κ3) is 5.58. The molecule has 1 unspecified atom stereocenters. The number of amides is 1. The molecule has 4 rings (SSSR count). The molecule has 1 amide bonds. The molecule has 0 spiro atoms. The van der Waals surface area contributed by atoms with Gasteiger partial charge in [0, 0.05) is 24.3 Å². The highest BCUT2D eigenvalue weighted by molar-refractivity contribution is 7.94. The molecular formula is C24H22N2O4S. The molecular weight excluding hydrogens is 412 g/mol. The van der Waals surface area contributed by atoms with Gasteiger partial charge in [-0.1, -0.05) is 30.3 Å². The van der Waals surface area contributed by atoms with E-state index in [9.17, 15) is 13.2 Å². The Labute approximate surface area is 181 Å². The first kappa shape index (κ1) is 20.8. The second-order valence-electron chi connectivity index (χ2n) is 7.34. The van der Waals surface area contributed by atoms with Gasteiger partial charge in [0.15, 0.2) is 9.84 Å². The highest BCUT2D eigenvalue weighted by Crippen LogP contribution is 2.23. The van der Waals surface area contributed by atoms with E-state index in [2.05, 4.69) is 4.98 Å². The minimum Gasteiger partial charge on any atom is -0.457 e. The first-order chi connectivity index (χ1) is 15.0. The van der Waals surface area contributed by atoms with E-state index in [-0.39, 0.29) is 18.1 Å². The van der Waals surface area contributed by atoms with E-state index in [1.54, 1.807) is 23.4 Å². The van der Waals surface area contributed by atoms with Gasteiger partial charge in [-0.05, 0) is 53.6 Å². The molecule has 0 aliphatic carbocycles. The van der Waals surface area contributed by atoms with Gasteiger partial charge in [-0.3, -0.25) is 9.78 Å². The topological polar surface area (TPSA) is 76.6 Å². The van der Waals surface area contributed by atoms with Crippen LogP contribution in [0.1, 0.15) is 11.1 Å². The van der Waals surface area contributed by atoms with Crippen LogP contribution in [0.25, 0.3) is 0 Å². The Morgan fingerprint density at radius 2 is 1.61 bits per heavy atom. The molecule has 2 aromatic carbocycles. The Bertz CT molecular complexity index is 1160. The first-order valence-electron chi connectivity index (χ1n) is 9.90. The van der Waals surface area contributed by atoms with Crippen molar-refractivity contribution >= 4 is 15.7 Å². The molecule has 0 saturated heterocycles. The quantitative estimate of drug-likeness (QED) is 0.566. The standard InChI is InChI=1S/C24H22N2O4S/c27-24(16-19-6-8-23(9-7-19)30-22-4-2-1-3-5-22)26(17-20-10-13-25-14-11-20)21-12-15-31(28,29)18-21/h1-15,21H,16-18H2. The van der Waals surface area contributed by atoms with Crippen molar-refractivity contribution in [2.45, 2.75) is 19.0 Å². The van der Waals surface area contributed by atoms with Crippen LogP contribution in [-0.2, 0) is 27.6 Å². The molecule has 158 valence electrons. The van der Waals surface area contributed by atoms with Crippen molar-refractivity contribution in [1.82, 2.24) is 9.88 Å². The number of nitrogens with zero attached hydrogens (tertiary/aromatic N) is 2. The van der Waals surface area contributed by atoms with Crippen molar-refractivity contribution in [3.8, 4) is 11.5 Å². The predicted octanol–water partition coefficient (Wildman–Crippen LogP) is 3.76. The van der Waals surface area contributed by atoms with Gasteiger partial charge in [-0.25, -0.2) is 8.42 Å². The Hall–Kier alpha value is -3.45. The molecule has 1 atom stereocenters. The Morgan fingerprint density at radius 1 is 0.935 bits per heavy atom. The average molecular weight is 435 g/mol. The third-order valence-corrected chi connectivity index (χ3v) is 6.37. The number of carbonyl (C=O) groups is 1. The second-order valence-corrected chi connectivity index (χ2v) is 9.27. The van der Waals surface area contributed by atoms with Gasteiger partial charge in [0.1, 0.15) is 11.5 Å². The maximum Gasteiger partial charge on any atom is 0.227 e. The summed E-state index contributed by atoms with van der Waals surface area (Å²) in [5.74, 6) is 1.19. The lowest BCUT2D eigenvalue weighted by Crippen LogP contribution is -2.41. The van der Waals surface area contributed by atoms with Crippen molar-refractivity contribution in [2.24, 2.45) is 0 Å². The van der Waals surface area contributed by atoms with E-state index in [1.165, 1.54) is 5.41 Å². The summed E-state index contributed by atoms with van der Waals surface area (Å²) in [6, 6.07) is 20.0. The van der Waals surface area contributed by atoms with E-state index >= 15 is 0 Å². The second kappa shape index (κ2) is 9.14. The molecule has 6 nitrogen and oxygen atoms in total. The van der Waals surface area contributed by atoms with E-state index in [0.717, 1.165) is 16.9 Å². The smallest absolute Gasteiger partial charge is 0.227 e. The number of rotatable bonds is 7. The molecule has 0 N–H and O–H groups in total. The first-order valence-corrected chi connectivity index (χ1v) is 11.6. The Morgan fingerprint density at radius 3 is 2.26 bits per heavy atom. The molecule has 2 heterocycles. The summed E-state index contributed by atoms with van der Waals surface area (Å²) in [4.78, 5) is 18.8. The number of hydrogen-bond donors (Lipinski definition) is 0. The average Bonchev–Trinajstić information content (AvgIpc) is 3.14. The van der Waals surface area contributed by atoms with E-state index in [4.69, 9.17) is 4.74 Å². The van der Waals surface area contributed by atoms with Crippen LogP contribution in [0.5, 0.6) is 11.5 Å². The molecule has 3 aromatic rings. The van der Waals surface area contributed by atoms with Crippen LogP contribution in [0.3, 0.4) is 0 Å². The van der Waals surface area contributed by atoms with Crippen LogP contribution in [0, 0.1) is 0 Å². The molecule has 0 radical (unpaired) electrons. The minimum atomic E-state index is -3.28. The van der Waals surface area contributed by atoms with Crippen molar-refractivity contribution in [1.29, 1.82) is 0 Å². The van der Waals surface area contributed by atoms with Crippen molar-refractivity contribution in [3.63, 3.8) is 0 Å². The monoisotopic (exact) mass is 434 g/mol. The molecule has 31 heavy (non-hydrogen) atoms. The fourth-order valence-electron chi connectivity index (χ4n) is 3.40. The van der Waals surface area contributed by atoms with Gasteiger partial charge < -0.3 is 9.64 Å². The normalized spacial score (nSPS) is 16.7. The minimum absolute atomic E-state index is 0.0896. The number of hydrogen-bond acceptors (Lipinski definition) is 5. The fourth-order valence-corrected chi connectivity index (χ4v) is 4.70. The summed E-state index contributed by atoms with van der Waals surface area (Å²) >= 11 is 0. The van der Waals surface area contributed by atoms with Gasteiger partial charge in [0.2, 0.25) is 5.91 Å². The number of benzene rings is 2. The summed E-state index contributed by atoms with van der Waals surface area (Å²) in [6.45, 7) is 0.321. The van der Waals surface area contributed by atoms with Gasteiger partial charge in [-0.2, -0.15) is 0 Å². The van der Waals surface area contributed by atoms with E-state index in [0.29, 0.717) is 12.3 Å². The predicted molar refractivity (Wildman–Crippen MR) is 118 cm³/mol. The number of pyridine rings is 1. The SMILES string of the molecule is O=C(Cc1ccc(Oc2ccccc2)cc1)N(Cc1ccncc1)C1C=CS(=O)(=O)C1. The van der Waals surface area contributed by atoms with Crippen LogP contribution < -0.4 is 4.74 Å². The van der Waals surface area contributed by atoms with Crippen molar-refractivity contribution in [3.05, 3.63) is 102 Å². The van der Waals surface area contributed by atoms with Crippen LogP contribution in [-0.4, -0.2) is 36.0 Å². The number of para-hydroxylation sites is 1. The van der Waals surface area contributed by atoms with Crippen LogP contribution >= 0.6 is 0 Å². The summed E-state index contributed by atoms with van der Waals surface area (Å²) in [5.41, 5.74) is 1.72. The number of aromatic nitrogens is 1. The zero-order valence-electron chi connectivity index (χ0n) is 16.8. The summed E-state index contributed by atoms with van der Waals surface area (Å²) in [6.07, 6.45) is 5.07. The van der Waals surface area contributed by atoms with Crippen molar-refractivity contribution in [2.75, 3.05) is 5.75 Å². The maximum atomic E-state index is 13.1. The van der Waals surface area contributed by atoms with Gasteiger partial charge >= 0.3 is 0 Å². The van der Waals surface area contributed by atoms with Gasteiger partial charge in [-0.15, -0.1) is 0 Å². The molecule has 1 aliphatic rings. The van der Waals surface area contributed by atoms with Gasteiger partial charge in [0.25, 0.3) is 0 Å². The number of sulfone groups is 1. The lowest BCUT2D eigenvalue weighted by molar-refractivity contribution is -0.132. The zero-order chi connectivity index (χ0) is 21.7. The van der Waals surface area contributed by atoms with Crippen LogP contribution in [0.2, 0.25) is 0 Å². The summed E-state index contributed by atoms with van der Waals surface area (Å²) in [7, 11) is -3.28. The highest BCUT2D eigenvalue weighted by atomic mass is 32.2. The van der Waals surface area contributed by atoms with Gasteiger partial charge in [0.05, 0.1) is 18.2 Å². The molecule has 1 aromatic heterocycles. The molecule has 0 bridgehead atoms. The summed E-state index contributed by atoms with van der Waals surface area (Å²) in [5, 5.41) is 1.19. The van der Waals surface area contributed by atoms with Crippen LogP contribution in [0.4, 0.5) is 0 Å². The molecule has 0 fully saturated rings. The molecule has 1 aliphatic heterocycles. The van der Waals surface area contributed by atoms with Crippen molar-refractivity contribution < 1.29 is 17.9 Å². The Kier molecular flexibility index (Phi) is 6.13. The molecule has 0 saturated carbocycles. The Balaban J connectivity index is 1.47. The molecule has 7 heteroatoms. The lowest BCUT2D eigenvalue weighted by Gasteiger charge is -2.28. The highest BCUT2D eigenvalue weighted by Gasteiger charge is 2.30. The maximum absolute atomic E-state index is 13.1. The fraction of sp³-hybridized carbons (Fsp3) is 0.167. The van der Waals surface area contributed by atoms with Crippen LogP contribution in [0.15, 0.2) is 90.6 Å². The number of carbonyl (C=O) groups excluding carboxylic acids is 1. The largest absolute Gasteiger partial charge is 0.457 e. The lowest BCUT2D eigenvalue weighted by atomic mass is 10.1. The van der Waals surface area contributed by atoms with E-state index in [1.807, 2.05) is 66.7 Å². The third-order valence-electron chi connectivity index (χ3n) is 4.99. The number of ether oxygens (including phenoxy) is 1.